The number of imide groups is 1. The maximum Gasteiger partial charge on any atom is 0.277 e. The van der Waals surface area contributed by atoms with Crippen LogP contribution in [0.5, 0.6) is 0 Å². The van der Waals surface area contributed by atoms with Crippen molar-refractivity contribution in [1.29, 1.82) is 0 Å². The Morgan fingerprint density at radius 3 is 2.08 bits per heavy atom. The van der Waals surface area contributed by atoms with E-state index in [9.17, 15) is 9.59 Å². The van der Waals surface area contributed by atoms with Crippen molar-refractivity contribution in [3.05, 3.63) is 65.9 Å². The van der Waals surface area contributed by atoms with E-state index < -0.39 is 0 Å². The molecule has 0 saturated carbocycles. The normalized spacial score (nSPS) is 14.4. The molecule has 0 saturated heterocycles. The Kier molecular flexibility index (Phi) is 4.08. The molecule has 1 N–H and O–H groups in total. The average Bonchev–Trinajstić information content (AvgIpc) is 2.80. The molecule has 2 aromatic carbocycles. The summed E-state index contributed by atoms with van der Waals surface area (Å²) in [5, 5.41) is 3.12. The molecule has 0 aliphatic carbocycles. The molecule has 5 nitrogen and oxygen atoms in total. The summed E-state index contributed by atoms with van der Waals surface area (Å²) in [7, 11) is 5.43. The maximum atomic E-state index is 12.5. The highest BCUT2D eigenvalue weighted by Gasteiger charge is 2.36. The standard InChI is InChI=1S/C19H19N3O2/c1-21(2)15-11-9-14(10-12-15)20-17-16(13-7-5-4-6-8-13)18(23)22(3)19(17)24/h4-12,20H,1-3H3. The summed E-state index contributed by atoms with van der Waals surface area (Å²) in [6.45, 7) is 0. The smallest absolute Gasteiger partial charge is 0.277 e. The first-order valence-corrected chi connectivity index (χ1v) is 7.65. The third kappa shape index (κ3) is 2.76. The van der Waals surface area contributed by atoms with Crippen LogP contribution in [-0.4, -0.2) is 37.9 Å². The molecule has 5 heteroatoms. The van der Waals surface area contributed by atoms with Crippen LogP contribution >= 0.6 is 0 Å². The van der Waals surface area contributed by atoms with E-state index in [-0.39, 0.29) is 11.8 Å². The summed E-state index contributed by atoms with van der Waals surface area (Å²) in [4.78, 5) is 28.1. The predicted molar refractivity (Wildman–Crippen MR) is 95.5 cm³/mol. The Balaban J connectivity index is 2.00. The van der Waals surface area contributed by atoms with E-state index in [1.807, 2.05) is 73.6 Å². The van der Waals surface area contributed by atoms with Crippen molar-refractivity contribution in [3.8, 4) is 0 Å². The molecule has 1 aliphatic heterocycles. The first-order chi connectivity index (χ1) is 11.5. The number of carbonyl (C=O) groups excluding carboxylic acids is 2. The Bertz CT molecular complexity index is 808. The molecule has 2 aromatic rings. The van der Waals surface area contributed by atoms with Gasteiger partial charge in [-0.3, -0.25) is 14.5 Å². The minimum atomic E-state index is -0.324. The summed E-state index contributed by atoms with van der Waals surface area (Å²) in [5.41, 5.74) is 3.27. The van der Waals surface area contributed by atoms with E-state index in [4.69, 9.17) is 0 Å². The molecule has 122 valence electrons. The van der Waals surface area contributed by atoms with Crippen LogP contribution in [0.2, 0.25) is 0 Å². The van der Waals surface area contributed by atoms with Crippen LogP contribution in [0.3, 0.4) is 0 Å². The lowest BCUT2D eigenvalue weighted by Crippen LogP contribution is -2.27. The van der Waals surface area contributed by atoms with Crippen molar-refractivity contribution in [3.63, 3.8) is 0 Å². The molecular formula is C19H19N3O2. The SMILES string of the molecule is CN1C(=O)C(Nc2ccc(N(C)C)cc2)=C(c2ccccc2)C1=O. The molecule has 2 amide bonds. The predicted octanol–water partition coefficient (Wildman–Crippen LogP) is 2.57. The first-order valence-electron chi connectivity index (χ1n) is 7.65. The van der Waals surface area contributed by atoms with E-state index in [2.05, 4.69) is 5.32 Å². The molecule has 1 aliphatic rings. The van der Waals surface area contributed by atoms with E-state index >= 15 is 0 Å². The third-order valence-electron chi connectivity index (χ3n) is 4.00. The second kappa shape index (κ2) is 6.20. The van der Waals surface area contributed by atoms with E-state index in [1.54, 1.807) is 0 Å². The van der Waals surface area contributed by atoms with Gasteiger partial charge >= 0.3 is 0 Å². The Morgan fingerprint density at radius 2 is 1.50 bits per heavy atom. The topological polar surface area (TPSA) is 52.7 Å². The Morgan fingerprint density at radius 1 is 0.875 bits per heavy atom. The summed E-state index contributed by atoms with van der Waals surface area (Å²) in [5.74, 6) is -0.617. The molecule has 24 heavy (non-hydrogen) atoms. The van der Waals surface area contributed by atoms with E-state index in [0.717, 1.165) is 21.8 Å². The second-order valence-electron chi connectivity index (χ2n) is 5.85. The van der Waals surface area contributed by atoms with E-state index in [1.165, 1.54) is 7.05 Å². The molecule has 0 atom stereocenters. The van der Waals surface area contributed by atoms with Crippen molar-refractivity contribution >= 4 is 28.8 Å². The van der Waals surface area contributed by atoms with Gasteiger partial charge in [-0.05, 0) is 29.8 Å². The fourth-order valence-corrected chi connectivity index (χ4v) is 2.62. The molecule has 3 rings (SSSR count). The van der Waals surface area contributed by atoms with Gasteiger partial charge in [0.2, 0.25) is 0 Å². The number of carbonyl (C=O) groups is 2. The zero-order valence-corrected chi connectivity index (χ0v) is 13.9. The van der Waals surface area contributed by atoms with Gasteiger partial charge in [0.15, 0.2) is 0 Å². The minimum absolute atomic E-state index is 0.293. The van der Waals surface area contributed by atoms with Crippen molar-refractivity contribution in [2.75, 3.05) is 31.4 Å². The second-order valence-corrected chi connectivity index (χ2v) is 5.85. The fraction of sp³-hybridized carbons (Fsp3) is 0.158. The summed E-state index contributed by atoms with van der Waals surface area (Å²) in [6.07, 6.45) is 0. The molecule has 0 bridgehead atoms. The van der Waals surface area contributed by atoms with Crippen LogP contribution in [0.1, 0.15) is 5.56 Å². The number of rotatable bonds is 4. The van der Waals surface area contributed by atoms with Crippen LogP contribution in [0.25, 0.3) is 5.57 Å². The number of likely N-dealkylation sites (N-methyl/N-ethyl adjacent to an activating group) is 1. The summed E-state index contributed by atoms with van der Waals surface area (Å²) < 4.78 is 0. The third-order valence-corrected chi connectivity index (χ3v) is 4.00. The van der Waals surface area contributed by atoms with Gasteiger partial charge < -0.3 is 10.2 Å². The van der Waals surface area contributed by atoms with Crippen LogP contribution in [-0.2, 0) is 9.59 Å². The summed E-state index contributed by atoms with van der Waals surface area (Å²) in [6, 6.07) is 16.9. The van der Waals surface area contributed by atoms with Gasteiger partial charge in [0.1, 0.15) is 5.70 Å². The van der Waals surface area contributed by atoms with Gasteiger partial charge in [0.25, 0.3) is 11.8 Å². The average molecular weight is 321 g/mol. The lowest BCUT2D eigenvalue weighted by molar-refractivity contribution is -0.135. The van der Waals surface area contributed by atoms with Gasteiger partial charge in [-0.2, -0.15) is 0 Å². The van der Waals surface area contributed by atoms with Gasteiger partial charge in [0.05, 0.1) is 5.57 Å². The lowest BCUT2D eigenvalue weighted by atomic mass is 10.0. The number of benzene rings is 2. The number of nitrogens with one attached hydrogen (secondary N) is 1. The maximum absolute atomic E-state index is 12.5. The highest BCUT2D eigenvalue weighted by molar-refractivity contribution is 6.36. The zero-order valence-electron chi connectivity index (χ0n) is 13.9. The van der Waals surface area contributed by atoms with Crippen LogP contribution in [0, 0.1) is 0 Å². The van der Waals surface area contributed by atoms with Gasteiger partial charge in [-0.25, -0.2) is 0 Å². The van der Waals surface area contributed by atoms with Crippen LogP contribution in [0.15, 0.2) is 60.3 Å². The number of nitrogens with zero attached hydrogens (tertiary/aromatic N) is 2. The Labute approximate surface area is 141 Å². The molecule has 1 heterocycles. The number of hydrogen-bond acceptors (Lipinski definition) is 4. The molecule has 0 unspecified atom stereocenters. The molecule has 0 fully saturated rings. The number of anilines is 2. The highest BCUT2D eigenvalue weighted by Crippen LogP contribution is 2.29. The van der Waals surface area contributed by atoms with E-state index in [0.29, 0.717) is 11.3 Å². The Hall–Kier alpha value is -3.08. The number of amides is 2. The lowest BCUT2D eigenvalue weighted by Gasteiger charge is -2.14. The quantitative estimate of drug-likeness (QED) is 0.880. The van der Waals surface area contributed by atoms with Gasteiger partial charge in [-0.15, -0.1) is 0 Å². The zero-order chi connectivity index (χ0) is 17.3. The molecular weight excluding hydrogens is 302 g/mol. The largest absolute Gasteiger partial charge is 0.378 e. The monoisotopic (exact) mass is 321 g/mol. The fourth-order valence-electron chi connectivity index (χ4n) is 2.62. The summed E-state index contributed by atoms with van der Waals surface area (Å²) >= 11 is 0. The van der Waals surface area contributed by atoms with Gasteiger partial charge in [0, 0.05) is 32.5 Å². The van der Waals surface area contributed by atoms with Crippen molar-refractivity contribution in [2.45, 2.75) is 0 Å². The van der Waals surface area contributed by atoms with Crippen molar-refractivity contribution in [2.24, 2.45) is 0 Å². The highest BCUT2D eigenvalue weighted by atomic mass is 16.2. The van der Waals surface area contributed by atoms with Crippen molar-refractivity contribution in [1.82, 2.24) is 4.90 Å². The van der Waals surface area contributed by atoms with Crippen LogP contribution < -0.4 is 10.2 Å². The molecule has 0 spiro atoms. The molecule has 0 radical (unpaired) electrons. The minimum Gasteiger partial charge on any atom is -0.378 e. The van der Waals surface area contributed by atoms with Crippen molar-refractivity contribution < 1.29 is 9.59 Å². The molecule has 0 aromatic heterocycles. The number of hydrogen-bond donors (Lipinski definition) is 1. The van der Waals surface area contributed by atoms with Gasteiger partial charge in [-0.1, -0.05) is 30.3 Å². The van der Waals surface area contributed by atoms with Crippen LogP contribution in [0.4, 0.5) is 11.4 Å². The first kappa shape index (κ1) is 15.8.